The molecule has 0 amide bonds. The zero-order valence-electron chi connectivity index (χ0n) is 9.46. The summed E-state index contributed by atoms with van der Waals surface area (Å²) in [7, 11) is 0. The lowest BCUT2D eigenvalue weighted by Gasteiger charge is -2.20. The van der Waals surface area contributed by atoms with Crippen molar-refractivity contribution >= 4 is 5.97 Å². The number of aromatic carboxylic acids is 1. The van der Waals surface area contributed by atoms with E-state index in [0.29, 0.717) is 6.42 Å². The number of rotatable bonds is 2. The Labute approximate surface area is 101 Å². The number of aromatic amines is 1. The highest BCUT2D eigenvalue weighted by Crippen LogP contribution is 2.40. The molecule has 1 aromatic rings. The molecular formula is C11H12N2O5. The summed E-state index contributed by atoms with van der Waals surface area (Å²) in [6.07, 6.45) is 3.75. The van der Waals surface area contributed by atoms with Gasteiger partial charge in [0.05, 0.1) is 18.2 Å². The predicted octanol–water partition coefficient (Wildman–Crippen LogP) is -0.273. The van der Waals surface area contributed by atoms with Gasteiger partial charge in [0.1, 0.15) is 5.56 Å². The zero-order valence-corrected chi connectivity index (χ0v) is 9.46. The van der Waals surface area contributed by atoms with Crippen molar-refractivity contribution in [2.75, 3.05) is 0 Å². The van der Waals surface area contributed by atoms with Crippen molar-refractivity contribution in [3.63, 3.8) is 0 Å². The van der Waals surface area contributed by atoms with Crippen LogP contribution in [-0.2, 0) is 4.74 Å². The summed E-state index contributed by atoms with van der Waals surface area (Å²) in [6.45, 7) is 0. The maximum atomic E-state index is 11.7. The monoisotopic (exact) mass is 252 g/mol. The average Bonchev–Trinajstić information content (AvgIpc) is 2.90. The second-order valence-electron chi connectivity index (χ2n) is 4.69. The van der Waals surface area contributed by atoms with Crippen LogP contribution in [0.5, 0.6) is 0 Å². The van der Waals surface area contributed by atoms with Crippen LogP contribution in [-0.4, -0.2) is 32.8 Å². The molecule has 7 nitrogen and oxygen atoms in total. The van der Waals surface area contributed by atoms with Crippen LogP contribution in [0.15, 0.2) is 15.8 Å². The Hall–Kier alpha value is -1.89. The quantitative estimate of drug-likeness (QED) is 0.754. The summed E-state index contributed by atoms with van der Waals surface area (Å²) in [6, 6.07) is -0.175. The summed E-state index contributed by atoms with van der Waals surface area (Å²) in [5.74, 6) is -1.34. The minimum absolute atomic E-state index is 0.0553. The van der Waals surface area contributed by atoms with Gasteiger partial charge < -0.3 is 9.84 Å². The maximum Gasteiger partial charge on any atom is 0.342 e. The molecule has 3 atom stereocenters. The van der Waals surface area contributed by atoms with Gasteiger partial charge >= 0.3 is 11.7 Å². The van der Waals surface area contributed by atoms with Gasteiger partial charge in [-0.1, -0.05) is 0 Å². The Kier molecular flexibility index (Phi) is 2.37. The van der Waals surface area contributed by atoms with Crippen molar-refractivity contribution in [2.24, 2.45) is 0 Å². The molecule has 3 rings (SSSR count). The molecule has 2 fully saturated rings. The number of fused-ring (bicyclic) bond motifs is 2. The highest BCUT2D eigenvalue weighted by atomic mass is 16.5. The summed E-state index contributed by atoms with van der Waals surface area (Å²) < 4.78 is 6.91. The van der Waals surface area contributed by atoms with Crippen LogP contribution in [0.1, 0.15) is 35.7 Å². The highest BCUT2D eigenvalue weighted by Gasteiger charge is 2.42. The number of carbonyl (C=O) groups is 1. The SMILES string of the molecule is O=C(O)c1cn(C2CC3CCC2O3)c(=O)[nH]c1=O. The first kappa shape index (κ1) is 11.2. The first-order chi connectivity index (χ1) is 8.56. The number of hydrogen-bond donors (Lipinski definition) is 2. The van der Waals surface area contributed by atoms with Gasteiger partial charge in [0.2, 0.25) is 0 Å². The van der Waals surface area contributed by atoms with Crippen LogP contribution in [0.25, 0.3) is 0 Å². The molecule has 2 aliphatic rings. The Bertz CT molecular complexity index is 617. The van der Waals surface area contributed by atoms with Crippen LogP contribution in [0.4, 0.5) is 0 Å². The van der Waals surface area contributed by atoms with Gasteiger partial charge in [-0.05, 0) is 19.3 Å². The van der Waals surface area contributed by atoms with Crippen molar-refractivity contribution in [1.82, 2.24) is 9.55 Å². The van der Waals surface area contributed by atoms with E-state index >= 15 is 0 Å². The number of carboxylic acid groups (broad SMARTS) is 1. The fraction of sp³-hybridized carbons (Fsp3) is 0.545. The second-order valence-corrected chi connectivity index (χ2v) is 4.69. The fourth-order valence-electron chi connectivity index (χ4n) is 2.79. The van der Waals surface area contributed by atoms with E-state index in [-0.39, 0.29) is 18.2 Å². The van der Waals surface area contributed by atoms with Crippen LogP contribution >= 0.6 is 0 Å². The van der Waals surface area contributed by atoms with Gasteiger partial charge in [0.25, 0.3) is 5.56 Å². The molecule has 0 saturated carbocycles. The summed E-state index contributed by atoms with van der Waals surface area (Å²) in [4.78, 5) is 36.0. The van der Waals surface area contributed by atoms with Crippen molar-refractivity contribution in [3.8, 4) is 0 Å². The third-order valence-corrected chi connectivity index (χ3v) is 3.63. The minimum Gasteiger partial charge on any atom is -0.477 e. The first-order valence-electron chi connectivity index (χ1n) is 5.80. The topological polar surface area (TPSA) is 101 Å². The standard InChI is InChI=1S/C11H12N2O5/c14-9-6(10(15)16)4-13(11(17)12-9)7-3-5-1-2-8(7)18-5/h4-5,7-8H,1-3H2,(H,15,16)(H,12,14,17). The zero-order chi connectivity index (χ0) is 12.9. The van der Waals surface area contributed by atoms with Crippen molar-refractivity contribution in [3.05, 3.63) is 32.6 Å². The Balaban J connectivity index is 2.07. The van der Waals surface area contributed by atoms with E-state index in [1.807, 2.05) is 4.98 Å². The lowest BCUT2D eigenvalue weighted by atomic mass is 9.95. The first-order valence-corrected chi connectivity index (χ1v) is 5.80. The molecule has 1 aromatic heterocycles. The molecule has 96 valence electrons. The third kappa shape index (κ3) is 1.59. The molecule has 0 aromatic carbocycles. The van der Waals surface area contributed by atoms with Crippen LogP contribution in [0.3, 0.4) is 0 Å². The largest absolute Gasteiger partial charge is 0.477 e. The molecule has 7 heteroatoms. The Morgan fingerprint density at radius 3 is 2.78 bits per heavy atom. The number of ether oxygens (including phenoxy) is 1. The van der Waals surface area contributed by atoms with E-state index in [1.165, 1.54) is 4.57 Å². The van der Waals surface area contributed by atoms with Gasteiger partial charge in [-0.3, -0.25) is 14.3 Å². The van der Waals surface area contributed by atoms with Crippen LogP contribution in [0.2, 0.25) is 0 Å². The lowest BCUT2D eigenvalue weighted by molar-refractivity contribution is 0.0691. The third-order valence-electron chi connectivity index (χ3n) is 3.63. The number of hydrogen-bond acceptors (Lipinski definition) is 4. The molecule has 2 aliphatic heterocycles. The van der Waals surface area contributed by atoms with Gasteiger partial charge in [0, 0.05) is 6.20 Å². The molecule has 2 N–H and O–H groups in total. The molecule has 2 bridgehead atoms. The summed E-state index contributed by atoms with van der Waals surface area (Å²) in [5.41, 5.74) is -1.86. The number of nitrogens with zero attached hydrogens (tertiary/aromatic N) is 1. The number of carboxylic acids is 1. The fourth-order valence-corrected chi connectivity index (χ4v) is 2.79. The van der Waals surface area contributed by atoms with Crippen molar-refractivity contribution in [1.29, 1.82) is 0 Å². The molecule has 3 unspecified atom stereocenters. The molecule has 18 heavy (non-hydrogen) atoms. The van der Waals surface area contributed by atoms with Crippen LogP contribution in [0, 0.1) is 0 Å². The highest BCUT2D eigenvalue weighted by molar-refractivity contribution is 5.86. The van der Waals surface area contributed by atoms with E-state index in [9.17, 15) is 14.4 Å². The van der Waals surface area contributed by atoms with Crippen molar-refractivity contribution < 1.29 is 14.6 Å². The van der Waals surface area contributed by atoms with Crippen molar-refractivity contribution in [2.45, 2.75) is 37.5 Å². The molecule has 3 heterocycles. The van der Waals surface area contributed by atoms with Gasteiger partial charge in [-0.25, -0.2) is 9.59 Å². The van der Waals surface area contributed by atoms with E-state index in [1.54, 1.807) is 0 Å². The molecule has 2 saturated heterocycles. The van der Waals surface area contributed by atoms with E-state index in [0.717, 1.165) is 19.0 Å². The van der Waals surface area contributed by atoms with Gasteiger partial charge in [-0.15, -0.1) is 0 Å². The lowest BCUT2D eigenvalue weighted by Crippen LogP contribution is -2.38. The smallest absolute Gasteiger partial charge is 0.342 e. The second kappa shape index (κ2) is 3.81. The number of nitrogens with one attached hydrogen (secondary N) is 1. The van der Waals surface area contributed by atoms with E-state index in [2.05, 4.69) is 0 Å². The van der Waals surface area contributed by atoms with E-state index < -0.39 is 22.8 Å². The number of H-pyrrole nitrogens is 1. The van der Waals surface area contributed by atoms with E-state index in [4.69, 9.17) is 9.84 Å². The molecular weight excluding hydrogens is 240 g/mol. The number of aromatic nitrogens is 2. The average molecular weight is 252 g/mol. The molecule has 0 radical (unpaired) electrons. The van der Waals surface area contributed by atoms with Crippen LogP contribution < -0.4 is 11.2 Å². The van der Waals surface area contributed by atoms with Gasteiger partial charge in [-0.2, -0.15) is 0 Å². The normalized spacial score (nSPS) is 29.7. The predicted molar refractivity (Wildman–Crippen MR) is 59.8 cm³/mol. The van der Waals surface area contributed by atoms with Gasteiger partial charge in [0.15, 0.2) is 0 Å². The Morgan fingerprint density at radius 1 is 1.44 bits per heavy atom. The Morgan fingerprint density at radius 2 is 2.22 bits per heavy atom. The molecule has 0 aliphatic carbocycles. The molecule has 0 spiro atoms. The summed E-state index contributed by atoms with van der Waals surface area (Å²) in [5, 5.41) is 8.89. The maximum absolute atomic E-state index is 11.7. The minimum atomic E-state index is -1.34. The summed E-state index contributed by atoms with van der Waals surface area (Å²) >= 11 is 0.